The molecule has 0 radical (unpaired) electrons. The lowest BCUT2D eigenvalue weighted by Gasteiger charge is -2.32. The van der Waals surface area contributed by atoms with E-state index in [2.05, 4.69) is 14.9 Å². The van der Waals surface area contributed by atoms with Gasteiger partial charge in [0.25, 0.3) is 0 Å². The number of nitrogens with zero attached hydrogens (tertiary/aromatic N) is 3. The Hall–Kier alpha value is -1.89. The Morgan fingerprint density at radius 1 is 1.47 bits per heavy atom. The van der Waals surface area contributed by atoms with E-state index in [1.54, 1.807) is 19.5 Å². The average Bonchev–Trinajstić information content (AvgIpc) is 2.45. The van der Waals surface area contributed by atoms with Crippen LogP contribution >= 0.6 is 0 Å². The van der Waals surface area contributed by atoms with Gasteiger partial charge in [0.1, 0.15) is 6.61 Å². The largest absolute Gasteiger partial charge is 0.480 e. The maximum atomic E-state index is 10.4. The average molecular weight is 267 g/mol. The summed E-state index contributed by atoms with van der Waals surface area (Å²) in [6, 6.07) is 0. The van der Waals surface area contributed by atoms with E-state index in [1.165, 1.54) is 0 Å². The number of methoxy groups -OCH3 is 1. The number of piperidine rings is 1. The van der Waals surface area contributed by atoms with Crippen LogP contribution in [0.3, 0.4) is 0 Å². The molecule has 1 saturated heterocycles. The minimum absolute atomic E-state index is 0.00548. The van der Waals surface area contributed by atoms with Gasteiger partial charge in [-0.2, -0.15) is 4.98 Å². The number of carboxylic acids is 1. The van der Waals surface area contributed by atoms with E-state index < -0.39 is 5.97 Å². The van der Waals surface area contributed by atoms with Crippen LogP contribution in [0.15, 0.2) is 12.4 Å². The summed E-state index contributed by atoms with van der Waals surface area (Å²) >= 11 is 0. The van der Waals surface area contributed by atoms with Crippen LogP contribution in [0.4, 0.5) is 5.82 Å². The fraction of sp³-hybridized carbons (Fsp3) is 0.583. The summed E-state index contributed by atoms with van der Waals surface area (Å²) in [5.41, 5.74) is 0. The standard InChI is InChI=1S/C12H17N3O4/c1-18-11-7-13-6-10(14-11)15-4-2-9(3-5-15)19-8-12(16)17/h6-7,9H,2-5,8H2,1H3,(H,16,17). The van der Waals surface area contributed by atoms with Crippen LogP contribution in [0, 0.1) is 0 Å². The molecule has 1 N–H and O–H groups in total. The minimum Gasteiger partial charge on any atom is -0.480 e. The summed E-state index contributed by atoms with van der Waals surface area (Å²) in [5.74, 6) is 0.332. The molecule has 7 heteroatoms. The molecule has 2 heterocycles. The smallest absolute Gasteiger partial charge is 0.329 e. The number of ether oxygens (including phenoxy) is 2. The van der Waals surface area contributed by atoms with Gasteiger partial charge < -0.3 is 19.5 Å². The van der Waals surface area contributed by atoms with Gasteiger partial charge in [-0.05, 0) is 12.8 Å². The molecular formula is C12H17N3O4. The SMILES string of the molecule is COc1cncc(N2CCC(OCC(=O)O)CC2)n1. The third-order valence-corrected chi connectivity index (χ3v) is 3.02. The van der Waals surface area contributed by atoms with E-state index in [1.807, 2.05) is 0 Å². The van der Waals surface area contributed by atoms with Crippen LogP contribution < -0.4 is 9.64 Å². The highest BCUT2D eigenvalue weighted by atomic mass is 16.5. The fourth-order valence-electron chi connectivity index (χ4n) is 2.03. The molecule has 1 aliphatic heterocycles. The van der Waals surface area contributed by atoms with E-state index in [4.69, 9.17) is 14.6 Å². The highest BCUT2D eigenvalue weighted by molar-refractivity contribution is 5.68. The van der Waals surface area contributed by atoms with Crippen molar-refractivity contribution in [3.63, 3.8) is 0 Å². The van der Waals surface area contributed by atoms with Crippen LogP contribution in [-0.2, 0) is 9.53 Å². The predicted molar refractivity (Wildman–Crippen MR) is 67.4 cm³/mol. The molecule has 19 heavy (non-hydrogen) atoms. The van der Waals surface area contributed by atoms with Gasteiger partial charge in [0, 0.05) is 13.1 Å². The van der Waals surface area contributed by atoms with Crippen LogP contribution in [0.5, 0.6) is 5.88 Å². The Morgan fingerprint density at radius 2 is 2.21 bits per heavy atom. The van der Waals surface area contributed by atoms with E-state index in [9.17, 15) is 4.79 Å². The van der Waals surface area contributed by atoms with Crippen molar-refractivity contribution in [3.05, 3.63) is 12.4 Å². The summed E-state index contributed by atoms with van der Waals surface area (Å²) in [6.45, 7) is 1.31. The lowest BCUT2D eigenvalue weighted by Crippen LogP contribution is -2.38. The first-order chi connectivity index (χ1) is 9.19. The monoisotopic (exact) mass is 267 g/mol. The summed E-state index contributed by atoms with van der Waals surface area (Å²) < 4.78 is 10.3. The van der Waals surface area contributed by atoms with Crippen molar-refractivity contribution in [2.24, 2.45) is 0 Å². The van der Waals surface area contributed by atoms with Gasteiger partial charge in [-0.3, -0.25) is 4.98 Å². The highest BCUT2D eigenvalue weighted by Gasteiger charge is 2.21. The number of aliphatic carboxylic acids is 1. The molecular weight excluding hydrogens is 250 g/mol. The second-order valence-electron chi connectivity index (χ2n) is 4.31. The zero-order chi connectivity index (χ0) is 13.7. The molecule has 7 nitrogen and oxygen atoms in total. The van der Waals surface area contributed by atoms with Crippen LogP contribution in [0.1, 0.15) is 12.8 Å². The molecule has 0 amide bonds. The lowest BCUT2D eigenvalue weighted by atomic mass is 10.1. The van der Waals surface area contributed by atoms with Crippen molar-refractivity contribution in [3.8, 4) is 5.88 Å². The first kappa shape index (κ1) is 13.5. The first-order valence-corrected chi connectivity index (χ1v) is 6.13. The normalized spacial score (nSPS) is 16.4. The van der Waals surface area contributed by atoms with Gasteiger partial charge in [0.15, 0.2) is 5.82 Å². The predicted octanol–water partition coefficient (Wildman–Crippen LogP) is 0.555. The zero-order valence-corrected chi connectivity index (χ0v) is 10.8. The molecule has 0 spiro atoms. The van der Waals surface area contributed by atoms with Crippen LogP contribution in [0.2, 0.25) is 0 Å². The van der Waals surface area contributed by atoms with Crippen molar-refractivity contribution < 1.29 is 19.4 Å². The molecule has 0 saturated carbocycles. The number of aromatic nitrogens is 2. The number of rotatable bonds is 5. The number of carboxylic acid groups (broad SMARTS) is 1. The molecule has 2 rings (SSSR count). The maximum Gasteiger partial charge on any atom is 0.329 e. The maximum absolute atomic E-state index is 10.4. The molecule has 104 valence electrons. The molecule has 1 aliphatic rings. The third kappa shape index (κ3) is 3.78. The molecule has 0 atom stereocenters. The fourth-order valence-corrected chi connectivity index (χ4v) is 2.03. The quantitative estimate of drug-likeness (QED) is 0.834. The molecule has 1 fully saturated rings. The Morgan fingerprint density at radius 3 is 2.84 bits per heavy atom. The molecule has 0 bridgehead atoms. The number of anilines is 1. The first-order valence-electron chi connectivity index (χ1n) is 6.13. The molecule has 1 aromatic rings. The van der Waals surface area contributed by atoms with Crippen LogP contribution in [-0.4, -0.2) is 54.0 Å². The Kier molecular flexibility index (Phi) is 4.51. The Balaban J connectivity index is 1.87. The van der Waals surface area contributed by atoms with E-state index in [0.29, 0.717) is 5.88 Å². The van der Waals surface area contributed by atoms with Gasteiger partial charge in [0.05, 0.1) is 25.6 Å². The molecule has 0 aliphatic carbocycles. The van der Waals surface area contributed by atoms with E-state index >= 15 is 0 Å². The van der Waals surface area contributed by atoms with Crippen molar-refractivity contribution in [1.29, 1.82) is 0 Å². The summed E-state index contributed by atoms with van der Waals surface area (Å²) in [4.78, 5) is 20.9. The van der Waals surface area contributed by atoms with Crippen molar-refractivity contribution in [2.45, 2.75) is 18.9 Å². The lowest BCUT2D eigenvalue weighted by molar-refractivity contribution is -0.144. The highest BCUT2D eigenvalue weighted by Crippen LogP contribution is 2.20. The van der Waals surface area contributed by atoms with E-state index in [-0.39, 0.29) is 12.7 Å². The minimum atomic E-state index is -0.930. The summed E-state index contributed by atoms with van der Waals surface area (Å²) in [6.07, 6.45) is 4.83. The summed E-state index contributed by atoms with van der Waals surface area (Å²) in [7, 11) is 1.56. The van der Waals surface area contributed by atoms with Crippen LogP contribution in [0.25, 0.3) is 0 Å². The molecule has 0 aromatic carbocycles. The second kappa shape index (κ2) is 6.33. The molecule has 1 aromatic heterocycles. The van der Waals surface area contributed by atoms with Gasteiger partial charge in [-0.1, -0.05) is 0 Å². The summed E-state index contributed by atoms with van der Waals surface area (Å²) in [5, 5.41) is 8.56. The zero-order valence-electron chi connectivity index (χ0n) is 10.8. The van der Waals surface area contributed by atoms with Crippen molar-refractivity contribution in [2.75, 3.05) is 31.7 Å². The number of carbonyl (C=O) groups is 1. The van der Waals surface area contributed by atoms with Gasteiger partial charge in [-0.25, -0.2) is 4.79 Å². The van der Waals surface area contributed by atoms with Gasteiger partial charge in [-0.15, -0.1) is 0 Å². The number of hydrogen-bond acceptors (Lipinski definition) is 6. The van der Waals surface area contributed by atoms with E-state index in [0.717, 1.165) is 31.7 Å². The molecule has 0 unspecified atom stereocenters. The second-order valence-corrected chi connectivity index (χ2v) is 4.31. The van der Waals surface area contributed by atoms with Crippen molar-refractivity contribution in [1.82, 2.24) is 9.97 Å². The van der Waals surface area contributed by atoms with Gasteiger partial charge in [0.2, 0.25) is 5.88 Å². The van der Waals surface area contributed by atoms with Crippen molar-refractivity contribution >= 4 is 11.8 Å². The third-order valence-electron chi connectivity index (χ3n) is 3.02. The topological polar surface area (TPSA) is 84.8 Å². The Labute approximate surface area is 111 Å². The van der Waals surface area contributed by atoms with Gasteiger partial charge >= 0.3 is 5.97 Å². The Bertz CT molecular complexity index is 433. The number of hydrogen-bond donors (Lipinski definition) is 1.